The Morgan fingerprint density at radius 2 is 2.00 bits per heavy atom. The van der Waals surface area contributed by atoms with Gasteiger partial charge in [0, 0.05) is 50.8 Å². The average Bonchev–Trinajstić information content (AvgIpc) is 3.14. The number of likely N-dealkylation sites (tertiary alicyclic amines) is 1. The summed E-state index contributed by atoms with van der Waals surface area (Å²) >= 11 is 0. The van der Waals surface area contributed by atoms with Crippen LogP contribution < -0.4 is 5.56 Å². The predicted octanol–water partition coefficient (Wildman–Crippen LogP) is 2.03. The second-order valence-electron chi connectivity index (χ2n) is 8.16. The molecule has 7 heteroatoms. The van der Waals surface area contributed by atoms with Crippen molar-refractivity contribution in [2.75, 3.05) is 33.7 Å². The standard InChI is InChI=1S/C21H31N5O2/c1-16-6-13-26(17(2)14-23(3)4)21(28)19(16)20(27)24-11-7-18(8-12-24)15-25-10-5-9-22-25/h5-6,9-10,13,17-18H,7-8,11-12,14-15H2,1-4H3. The second kappa shape index (κ2) is 8.73. The van der Waals surface area contributed by atoms with Crippen LogP contribution in [0.5, 0.6) is 0 Å². The van der Waals surface area contributed by atoms with E-state index in [1.165, 1.54) is 0 Å². The Morgan fingerprint density at radius 1 is 1.29 bits per heavy atom. The molecule has 1 fully saturated rings. The summed E-state index contributed by atoms with van der Waals surface area (Å²) in [5.41, 5.74) is 0.888. The summed E-state index contributed by atoms with van der Waals surface area (Å²) in [4.78, 5) is 30.1. The van der Waals surface area contributed by atoms with Gasteiger partial charge in [0.25, 0.3) is 11.5 Å². The molecule has 0 bridgehead atoms. The van der Waals surface area contributed by atoms with Gasteiger partial charge in [-0.1, -0.05) is 0 Å². The van der Waals surface area contributed by atoms with E-state index in [4.69, 9.17) is 0 Å². The molecule has 1 aliphatic rings. The first kappa shape index (κ1) is 20.3. The third kappa shape index (κ3) is 4.52. The van der Waals surface area contributed by atoms with Gasteiger partial charge >= 0.3 is 0 Å². The van der Waals surface area contributed by atoms with Crippen molar-refractivity contribution >= 4 is 5.91 Å². The zero-order valence-corrected chi connectivity index (χ0v) is 17.3. The van der Waals surface area contributed by atoms with Crippen LogP contribution in [0.15, 0.2) is 35.5 Å². The van der Waals surface area contributed by atoms with E-state index >= 15 is 0 Å². The van der Waals surface area contributed by atoms with Gasteiger partial charge in [0.05, 0.1) is 0 Å². The molecule has 0 aromatic carbocycles. The summed E-state index contributed by atoms with van der Waals surface area (Å²) in [7, 11) is 3.96. The molecule has 0 N–H and O–H groups in total. The molecule has 1 atom stereocenters. The highest BCUT2D eigenvalue weighted by molar-refractivity contribution is 5.95. The van der Waals surface area contributed by atoms with Gasteiger partial charge in [-0.15, -0.1) is 0 Å². The second-order valence-corrected chi connectivity index (χ2v) is 8.16. The molecule has 1 aliphatic heterocycles. The van der Waals surface area contributed by atoms with Crippen molar-refractivity contribution in [2.45, 2.75) is 39.3 Å². The number of carbonyl (C=O) groups excluding carboxylic acids is 1. The van der Waals surface area contributed by atoms with E-state index in [9.17, 15) is 9.59 Å². The third-order valence-corrected chi connectivity index (χ3v) is 5.55. The lowest BCUT2D eigenvalue weighted by Gasteiger charge is -2.32. The Morgan fingerprint density at radius 3 is 2.61 bits per heavy atom. The van der Waals surface area contributed by atoms with Crippen LogP contribution in [0.3, 0.4) is 0 Å². The average molecular weight is 386 g/mol. The highest BCUT2D eigenvalue weighted by Crippen LogP contribution is 2.21. The fourth-order valence-electron chi connectivity index (χ4n) is 4.01. The zero-order valence-electron chi connectivity index (χ0n) is 17.3. The van der Waals surface area contributed by atoms with Crippen LogP contribution in [0, 0.1) is 12.8 Å². The van der Waals surface area contributed by atoms with Crippen molar-refractivity contribution in [2.24, 2.45) is 5.92 Å². The van der Waals surface area contributed by atoms with Gasteiger partial charge in [-0.25, -0.2) is 0 Å². The van der Waals surface area contributed by atoms with Gasteiger partial charge in [-0.3, -0.25) is 14.3 Å². The van der Waals surface area contributed by atoms with Crippen LogP contribution in [0.25, 0.3) is 0 Å². The van der Waals surface area contributed by atoms with Gasteiger partial charge in [0.1, 0.15) is 5.56 Å². The largest absolute Gasteiger partial charge is 0.338 e. The molecule has 152 valence electrons. The molecule has 3 rings (SSSR count). The van der Waals surface area contributed by atoms with Crippen molar-refractivity contribution < 1.29 is 4.79 Å². The van der Waals surface area contributed by atoms with Crippen LogP contribution >= 0.6 is 0 Å². The maximum absolute atomic E-state index is 13.1. The third-order valence-electron chi connectivity index (χ3n) is 5.55. The van der Waals surface area contributed by atoms with E-state index in [1.54, 1.807) is 17.0 Å². The summed E-state index contributed by atoms with van der Waals surface area (Å²) in [6, 6.07) is 3.82. The molecule has 0 aliphatic carbocycles. The Labute approximate surface area is 166 Å². The maximum Gasteiger partial charge on any atom is 0.263 e. The number of nitrogens with zero attached hydrogens (tertiary/aromatic N) is 5. The number of amides is 1. The van der Waals surface area contributed by atoms with Crippen LogP contribution in [0.2, 0.25) is 0 Å². The van der Waals surface area contributed by atoms with Crippen molar-refractivity contribution in [1.29, 1.82) is 0 Å². The Balaban J connectivity index is 1.71. The number of rotatable bonds is 6. The molecular formula is C21H31N5O2. The molecule has 7 nitrogen and oxygen atoms in total. The number of aryl methyl sites for hydroxylation is 1. The number of pyridine rings is 1. The van der Waals surface area contributed by atoms with Crippen molar-refractivity contribution in [3.63, 3.8) is 0 Å². The minimum Gasteiger partial charge on any atom is -0.338 e. The topological polar surface area (TPSA) is 63.4 Å². The molecule has 2 aromatic rings. The summed E-state index contributed by atoms with van der Waals surface area (Å²) in [6.45, 7) is 6.85. The fraction of sp³-hybridized carbons (Fsp3) is 0.571. The molecule has 0 radical (unpaired) electrons. The SMILES string of the molecule is Cc1ccn(C(C)CN(C)C)c(=O)c1C(=O)N1CCC(Cn2cccn2)CC1. The van der Waals surface area contributed by atoms with Crippen LogP contribution in [0.1, 0.15) is 41.7 Å². The Hall–Kier alpha value is -2.41. The molecule has 3 heterocycles. The van der Waals surface area contributed by atoms with E-state index in [1.807, 2.05) is 60.8 Å². The minimum absolute atomic E-state index is 0.00876. The highest BCUT2D eigenvalue weighted by atomic mass is 16.2. The lowest BCUT2D eigenvalue weighted by atomic mass is 9.96. The van der Waals surface area contributed by atoms with Gasteiger partial charge in [-0.05, 0) is 64.4 Å². The first-order valence-corrected chi connectivity index (χ1v) is 10.00. The first-order chi connectivity index (χ1) is 13.4. The fourth-order valence-corrected chi connectivity index (χ4v) is 4.01. The quantitative estimate of drug-likeness (QED) is 0.763. The molecule has 0 saturated carbocycles. The molecule has 2 aromatic heterocycles. The van der Waals surface area contributed by atoms with Crippen LogP contribution in [0.4, 0.5) is 0 Å². The summed E-state index contributed by atoms with van der Waals surface area (Å²) in [5.74, 6) is 0.379. The number of aromatic nitrogens is 3. The molecule has 1 amide bonds. The van der Waals surface area contributed by atoms with Crippen LogP contribution in [-0.2, 0) is 6.54 Å². The Kier molecular flexibility index (Phi) is 6.34. The molecule has 1 saturated heterocycles. The van der Waals surface area contributed by atoms with Crippen molar-refractivity contribution in [3.05, 3.63) is 52.2 Å². The summed E-state index contributed by atoms with van der Waals surface area (Å²) < 4.78 is 3.64. The van der Waals surface area contributed by atoms with Gasteiger partial charge < -0.3 is 14.4 Å². The summed E-state index contributed by atoms with van der Waals surface area (Å²) in [5, 5.41) is 4.27. The zero-order chi connectivity index (χ0) is 20.3. The van der Waals surface area contributed by atoms with E-state index in [0.29, 0.717) is 24.6 Å². The monoisotopic (exact) mass is 385 g/mol. The number of piperidine rings is 1. The molecule has 28 heavy (non-hydrogen) atoms. The minimum atomic E-state index is -0.182. The number of hydrogen-bond donors (Lipinski definition) is 0. The predicted molar refractivity (Wildman–Crippen MR) is 110 cm³/mol. The highest BCUT2D eigenvalue weighted by Gasteiger charge is 2.27. The van der Waals surface area contributed by atoms with E-state index < -0.39 is 0 Å². The number of likely N-dealkylation sites (N-methyl/N-ethyl adjacent to an activating group) is 1. The van der Waals surface area contributed by atoms with Crippen molar-refractivity contribution in [1.82, 2.24) is 24.1 Å². The van der Waals surface area contributed by atoms with Gasteiger partial charge in [-0.2, -0.15) is 5.10 Å². The number of hydrogen-bond acceptors (Lipinski definition) is 4. The lowest BCUT2D eigenvalue weighted by Crippen LogP contribution is -2.43. The van der Waals surface area contributed by atoms with Gasteiger partial charge in [0.2, 0.25) is 0 Å². The normalized spacial score (nSPS) is 16.5. The van der Waals surface area contributed by atoms with E-state index in [-0.39, 0.29) is 17.5 Å². The first-order valence-electron chi connectivity index (χ1n) is 10.00. The maximum atomic E-state index is 13.1. The molecular weight excluding hydrogens is 354 g/mol. The summed E-state index contributed by atoms with van der Waals surface area (Å²) in [6.07, 6.45) is 7.44. The van der Waals surface area contributed by atoms with Crippen molar-refractivity contribution in [3.8, 4) is 0 Å². The Bertz CT molecular complexity index is 848. The number of carbonyl (C=O) groups is 1. The van der Waals surface area contributed by atoms with E-state index in [0.717, 1.165) is 31.5 Å². The van der Waals surface area contributed by atoms with E-state index in [2.05, 4.69) is 5.10 Å². The smallest absolute Gasteiger partial charge is 0.263 e. The van der Waals surface area contributed by atoms with Crippen LogP contribution in [-0.4, -0.2) is 63.8 Å². The van der Waals surface area contributed by atoms with Gasteiger partial charge in [0.15, 0.2) is 0 Å². The molecule has 0 spiro atoms. The lowest BCUT2D eigenvalue weighted by molar-refractivity contribution is 0.0677. The molecule has 1 unspecified atom stereocenters.